The quantitative estimate of drug-likeness (QED) is 0.495. The van der Waals surface area contributed by atoms with E-state index >= 15 is 0 Å². The van der Waals surface area contributed by atoms with Gasteiger partial charge in [-0.05, 0) is 12.5 Å². The lowest BCUT2D eigenvalue weighted by Gasteiger charge is -2.06. The highest BCUT2D eigenvalue weighted by atomic mass is 15.4. The largest absolute Gasteiger partial charge is 0.292 e. The number of hydrogen-bond donors (Lipinski definition) is 2. The maximum absolute atomic E-state index is 5.37. The highest BCUT2D eigenvalue weighted by Gasteiger charge is 2.09. The van der Waals surface area contributed by atoms with Gasteiger partial charge in [-0.25, -0.2) is 15.5 Å². The van der Waals surface area contributed by atoms with Crippen molar-refractivity contribution in [2.24, 2.45) is 5.84 Å². The molecule has 0 unspecified atom stereocenters. The summed E-state index contributed by atoms with van der Waals surface area (Å²) in [6, 6.07) is 0. The van der Waals surface area contributed by atoms with Crippen LogP contribution in [0.1, 0.15) is 5.56 Å². The summed E-state index contributed by atoms with van der Waals surface area (Å²) in [5.74, 6) is 6.40. The second-order valence-corrected chi connectivity index (χ2v) is 3.84. The zero-order valence-corrected chi connectivity index (χ0v) is 10.1. The number of hydrazine groups is 1. The van der Waals surface area contributed by atoms with Crippen LogP contribution in [-0.4, -0.2) is 34.3 Å². The van der Waals surface area contributed by atoms with Crippen molar-refractivity contribution in [2.45, 2.75) is 6.92 Å². The summed E-state index contributed by atoms with van der Waals surface area (Å²) in [6.45, 7) is 1.93. The molecule has 3 heterocycles. The Morgan fingerprint density at radius 3 is 2.68 bits per heavy atom. The van der Waals surface area contributed by atoms with Crippen molar-refractivity contribution in [1.82, 2.24) is 34.3 Å². The molecule has 3 aromatic rings. The lowest BCUT2D eigenvalue weighted by molar-refractivity contribution is 0.775. The number of aromatic nitrogens is 7. The number of imidazole rings is 1. The summed E-state index contributed by atoms with van der Waals surface area (Å²) < 4.78 is 3.21. The molecule has 0 aromatic carbocycles. The first-order valence-electron chi connectivity index (χ1n) is 5.49. The first-order valence-corrected chi connectivity index (χ1v) is 5.49. The minimum absolute atomic E-state index is 0.252. The molecule has 0 saturated carbocycles. The normalized spacial score (nSPS) is 10.6. The van der Waals surface area contributed by atoms with Gasteiger partial charge in [-0.1, -0.05) is 0 Å². The van der Waals surface area contributed by atoms with Gasteiger partial charge in [-0.2, -0.15) is 20.1 Å². The Balaban J connectivity index is 2.12. The molecule has 0 saturated heterocycles. The molecular formula is C10H11N9. The Morgan fingerprint density at radius 1 is 1.21 bits per heavy atom. The molecule has 0 fully saturated rings. The molecule has 0 aliphatic rings. The Bertz CT molecular complexity index is 685. The van der Waals surface area contributed by atoms with Gasteiger partial charge in [0.2, 0.25) is 11.9 Å². The molecular weight excluding hydrogens is 246 g/mol. The minimum atomic E-state index is 0.252. The van der Waals surface area contributed by atoms with Gasteiger partial charge in [0.1, 0.15) is 6.33 Å². The van der Waals surface area contributed by atoms with Crippen LogP contribution in [0.5, 0.6) is 0 Å². The van der Waals surface area contributed by atoms with Crippen molar-refractivity contribution in [3.05, 3.63) is 36.7 Å². The Labute approximate surface area is 108 Å². The average Bonchev–Trinajstić information content (AvgIpc) is 3.09. The van der Waals surface area contributed by atoms with Crippen molar-refractivity contribution >= 4 is 5.95 Å². The molecule has 0 aliphatic carbocycles. The topological polar surface area (TPSA) is 112 Å². The molecule has 0 aliphatic heterocycles. The van der Waals surface area contributed by atoms with Crippen LogP contribution < -0.4 is 11.3 Å². The number of anilines is 1. The monoisotopic (exact) mass is 257 g/mol. The third-order valence-electron chi connectivity index (χ3n) is 2.39. The predicted molar refractivity (Wildman–Crippen MR) is 66.6 cm³/mol. The second-order valence-electron chi connectivity index (χ2n) is 3.84. The molecule has 0 atom stereocenters. The van der Waals surface area contributed by atoms with E-state index in [1.807, 2.05) is 13.1 Å². The van der Waals surface area contributed by atoms with Gasteiger partial charge in [-0.15, -0.1) is 0 Å². The molecule has 3 N–H and O–H groups in total. The fraction of sp³-hybridized carbons (Fsp3) is 0.100. The SMILES string of the molecule is Cc1cnn(-c2nc(NN)nc(-n3ccnc3)n2)c1. The minimum Gasteiger partial charge on any atom is -0.292 e. The molecule has 0 radical (unpaired) electrons. The van der Waals surface area contributed by atoms with Crippen molar-refractivity contribution in [3.63, 3.8) is 0 Å². The number of nitrogens with one attached hydrogen (secondary N) is 1. The second kappa shape index (κ2) is 4.46. The molecule has 19 heavy (non-hydrogen) atoms. The van der Waals surface area contributed by atoms with Gasteiger partial charge in [0.05, 0.1) is 6.20 Å². The van der Waals surface area contributed by atoms with Crippen LogP contribution in [0.25, 0.3) is 11.9 Å². The van der Waals surface area contributed by atoms with Crippen LogP contribution in [0.4, 0.5) is 5.95 Å². The molecule has 0 amide bonds. The number of aryl methyl sites for hydroxylation is 1. The van der Waals surface area contributed by atoms with Crippen LogP contribution >= 0.6 is 0 Å². The van der Waals surface area contributed by atoms with Crippen LogP contribution in [0, 0.1) is 6.92 Å². The zero-order chi connectivity index (χ0) is 13.2. The third kappa shape index (κ3) is 2.13. The molecule has 9 heteroatoms. The molecule has 0 bridgehead atoms. The van der Waals surface area contributed by atoms with Gasteiger partial charge in [-0.3, -0.25) is 9.99 Å². The van der Waals surface area contributed by atoms with Crippen LogP contribution in [0.3, 0.4) is 0 Å². The number of nitrogen functional groups attached to an aromatic ring is 1. The highest BCUT2D eigenvalue weighted by molar-refractivity contribution is 5.31. The fourth-order valence-electron chi connectivity index (χ4n) is 1.54. The standard InChI is InChI=1S/C10H11N9/c1-7-4-13-19(5-7)10-15-8(17-11)14-9(16-10)18-3-2-12-6-18/h2-6H,11H2,1H3,(H,14,15,16,17). The van der Waals surface area contributed by atoms with Gasteiger partial charge in [0.15, 0.2) is 0 Å². The van der Waals surface area contributed by atoms with E-state index in [4.69, 9.17) is 5.84 Å². The van der Waals surface area contributed by atoms with Gasteiger partial charge in [0.25, 0.3) is 5.95 Å². The Hall–Kier alpha value is -2.81. The first kappa shape index (κ1) is 11.3. The number of nitrogens with zero attached hydrogens (tertiary/aromatic N) is 7. The zero-order valence-electron chi connectivity index (χ0n) is 10.1. The van der Waals surface area contributed by atoms with E-state index in [1.165, 1.54) is 0 Å². The van der Waals surface area contributed by atoms with E-state index in [9.17, 15) is 0 Å². The van der Waals surface area contributed by atoms with Crippen LogP contribution in [-0.2, 0) is 0 Å². The molecule has 3 rings (SSSR count). The van der Waals surface area contributed by atoms with Crippen molar-refractivity contribution in [3.8, 4) is 11.9 Å². The lowest BCUT2D eigenvalue weighted by Crippen LogP contribution is -2.16. The Morgan fingerprint density at radius 2 is 2.05 bits per heavy atom. The van der Waals surface area contributed by atoms with E-state index in [0.717, 1.165) is 5.56 Å². The maximum atomic E-state index is 5.37. The third-order valence-corrected chi connectivity index (χ3v) is 2.39. The number of rotatable bonds is 3. The van der Waals surface area contributed by atoms with E-state index in [-0.39, 0.29) is 5.95 Å². The summed E-state index contributed by atoms with van der Waals surface area (Å²) in [7, 11) is 0. The van der Waals surface area contributed by atoms with E-state index in [1.54, 1.807) is 34.2 Å². The summed E-state index contributed by atoms with van der Waals surface area (Å²) in [5.41, 5.74) is 3.42. The fourth-order valence-corrected chi connectivity index (χ4v) is 1.54. The maximum Gasteiger partial charge on any atom is 0.257 e. The predicted octanol–water partition coefficient (Wildman–Crippen LogP) is -0.163. The molecule has 96 valence electrons. The van der Waals surface area contributed by atoms with Crippen LogP contribution in [0.15, 0.2) is 31.1 Å². The summed E-state index contributed by atoms with van der Waals surface area (Å²) >= 11 is 0. The van der Waals surface area contributed by atoms with Crippen molar-refractivity contribution < 1.29 is 0 Å². The van der Waals surface area contributed by atoms with E-state index in [2.05, 4.69) is 30.5 Å². The summed E-state index contributed by atoms with van der Waals surface area (Å²) in [6.07, 6.45) is 8.49. The van der Waals surface area contributed by atoms with E-state index in [0.29, 0.717) is 11.9 Å². The van der Waals surface area contributed by atoms with Gasteiger partial charge >= 0.3 is 0 Å². The molecule has 0 spiro atoms. The Kier molecular flexibility index (Phi) is 2.65. The van der Waals surface area contributed by atoms with Gasteiger partial charge in [0, 0.05) is 18.6 Å². The van der Waals surface area contributed by atoms with E-state index < -0.39 is 0 Å². The van der Waals surface area contributed by atoms with Gasteiger partial charge < -0.3 is 0 Å². The smallest absolute Gasteiger partial charge is 0.257 e. The lowest BCUT2D eigenvalue weighted by atomic mass is 10.4. The molecule has 9 nitrogen and oxygen atoms in total. The number of hydrogen-bond acceptors (Lipinski definition) is 7. The number of nitrogens with two attached hydrogens (primary N) is 1. The average molecular weight is 257 g/mol. The first-order chi connectivity index (χ1) is 9.26. The molecule has 3 aromatic heterocycles. The van der Waals surface area contributed by atoms with Crippen LogP contribution in [0.2, 0.25) is 0 Å². The highest BCUT2D eigenvalue weighted by Crippen LogP contribution is 2.08. The van der Waals surface area contributed by atoms with Crippen molar-refractivity contribution in [2.75, 3.05) is 5.43 Å². The van der Waals surface area contributed by atoms with Crippen molar-refractivity contribution in [1.29, 1.82) is 0 Å². The summed E-state index contributed by atoms with van der Waals surface area (Å²) in [5, 5.41) is 4.15. The summed E-state index contributed by atoms with van der Waals surface area (Å²) in [4.78, 5) is 16.6.